The van der Waals surface area contributed by atoms with Gasteiger partial charge >= 0.3 is 0 Å². The number of piperidine rings is 1. The van der Waals surface area contributed by atoms with Crippen LogP contribution in [0.3, 0.4) is 0 Å². The summed E-state index contributed by atoms with van der Waals surface area (Å²) in [5, 5.41) is 8.46. The highest BCUT2D eigenvalue weighted by atomic mass is 16.5. The van der Waals surface area contributed by atoms with E-state index in [-0.39, 0.29) is 0 Å². The number of unbranched alkanes of at least 4 members (excludes halogenated alkanes) is 1. The van der Waals surface area contributed by atoms with Crippen LogP contribution in [-0.4, -0.2) is 43.8 Å². The quantitative estimate of drug-likeness (QED) is 0.660. The lowest BCUT2D eigenvalue weighted by atomic mass is 10.1. The molecule has 0 bridgehead atoms. The van der Waals surface area contributed by atoms with Crippen molar-refractivity contribution < 1.29 is 4.74 Å². The summed E-state index contributed by atoms with van der Waals surface area (Å²) < 4.78 is 5.74. The van der Waals surface area contributed by atoms with Crippen LogP contribution in [0.15, 0.2) is 0 Å². The maximum absolute atomic E-state index is 8.46. The van der Waals surface area contributed by atoms with Gasteiger partial charge in [-0.3, -0.25) is 0 Å². The van der Waals surface area contributed by atoms with Crippen LogP contribution in [0.4, 0.5) is 0 Å². The van der Waals surface area contributed by atoms with Crippen molar-refractivity contribution >= 4 is 0 Å². The van der Waals surface area contributed by atoms with E-state index >= 15 is 0 Å². The molecule has 2 N–H and O–H groups in total. The molecule has 1 fully saturated rings. The lowest BCUT2D eigenvalue weighted by molar-refractivity contribution is 0.00718. The van der Waals surface area contributed by atoms with Gasteiger partial charge in [0.25, 0.3) is 0 Å². The Bertz CT molecular complexity index is 207. The molecule has 0 aliphatic carbocycles. The van der Waals surface area contributed by atoms with E-state index in [9.17, 15) is 0 Å². The Morgan fingerprint density at radius 3 is 2.69 bits per heavy atom. The van der Waals surface area contributed by atoms with Gasteiger partial charge in [0.2, 0.25) is 0 Å². The third-order valence-electron chi connectivity index (χ3n) is 3.00. The highest BCUT2D eigenvalue weighted by Gasteiger charge is 2.18. The summed E-state index contributed by atoms with van der Waals surface area (Å²) in [6.45, 7) is 4.79. The number of nitrogens with zero attached hydrogens (tertiary/aromatic N) is 2. The van der Waals surface area contributed by atoms with E-state index in [2.05, 4.69) is 11.0 Å². The highest BCUT2D eigenvalue weighted by Crippen LogP contribution is 2.14. The average molecular weight is 225 g/mol. The van der Waals surface area contributed by atoms with Crippen molar-refractivity contribution in [1.29, 1.82) is 5.26 Å². The van der Waals surface area contributed by atoms with Gasteiger partial charge in [-0.15, -0.1) is 0 Å². The molecule has 16 heavy (non-hydrogen) atoms. The van der Waals surface area contributed by atoms with Crippen LogP contribution in [0.2, 0.25) is 0 Å². The number of likely N-dealkylation sites (tertiary alicyclic amines) is 1. The lowest BCUT2D eigenvalue weighted by Crippen LogP contribution is -2.37. The molecule has 0 aromatic rings. The van der Waals surface area contributed by atoms with E-state index in [1.54, 1.807) is 0 Å². The largest absolute Gasteiger partial charge is 0.378 e. The molecule has 92 valence electrons. The minimum Gasteiger partial charge on any atom is -0.378 e. The Kier molecular flexibility index (Phi) is 7.15. The molecule has 1 rings (SSSR count). The van der Waals surface area contributed by atoms with Gasteiger partial charge in [0.1, 0.15) is 0 Å². The first kappa shape index (κ1) is 13.4. The zero-order valence-corrected chi connectivity index (χ0v) is 10.0. The Balaban J connectivity index is 2.02. The van der Waals surface area contributed by atoms with E-state index in [0.717, 1.165) is 51.9 Å². The Morgan fingerprint density at radius 2 is 2.06 bits per heavy atom. The van der Waals surface area contributed by atoms with Gasteiger partial charge < -0.3 is 15.4 Å². The zero-order valence-electron chi connectivity index (χ0n) is 10.0. The Hall–Kier alpha value is -0.630. The molecule has 1 saturated heterocycles. The predicted molar refractivity (Wildman–Crippen MR) is 63.9 cm³/mol. The molecule has 4 heteroatoms. The van der Waals surface area contributed by atoms with E-state index in [1.807, 2.05) is 0 Å². The van der Waals surface area contributed by atoms with Crippen molar-refractivity contribution in [3.63, 3.8) is 0 Å². The molecule has 1 aliphatic rings. The molecule has 0 spiro atoms. The summed E-state index contributed by atoms with van der Waals surface area (Å²) in [5.41, 5.74) is 5.42. The third-order valence-corrected chi connectivity index (χ3v) is 3.00. The van der Waals surface area contributed by atoms with Crippen molar-refractivity contribution in [3.05, 3.63) is 0 Å². The monoisotopic (exact) mass is 225 g/mol. The summed E-state index contributed by atoms with van der Waals surface area (Å²) in [5.74, 6) is 0. The fourth-order valence-corrected chi connectivity index (χ4v) is 2.01. The van der Waals surface area contributed by atoms with E-state index < -0.39 is 0 Å². The fourth-order valence-electron chi connectivity index (χ4n) is 2.01. The summed E-state index contributed by atoms with van der Waals surface area (Å²) in [6.07, 6.45) is 5.30. The van der Waals surface area contributed by atoms with E-state index in [4.69, 9.17) is 15.7 Å². The Labute approximate surface area is 98.4 Å². The molecule has 0 saturated carbocycles. The molecular weight excluding hydrogens is 202 g/mol. The molecule has 1 aliphatic heterocycles. The van der Waals surface area contributed by atoms with Crippen molar-refractivity contribution in [1.82, 2.24) is 4.90 Å². The fraction of sp³-hybridized carbons (Fsp3) is 0.917. The summed E-state index contributed by atoms with van der Waals surface area (Å²) >= 11 is 0. The SMILES string of the molecule is N#CCCCN1CCC(OCCCN)CC1. The van der Waals surface area contributed by atoms with Crippen molar-refractivity contribution in [2.75, 3.05) is 32.8 Å². The number of nitriles is 1. The third kappa shape index (κ3) is 5.45. The van der Waals surface area contributed by atoms with Gasteiger partial charge in [0.05, 0.1) is 12.2 Å². The molecule has 4 nitrogen and oxygen atoms in total. The van der Waals surface area contributed by atoms with Crippen LogP contribution in [0.1, 0.15) is 32.1 Å². The number of rotatable bonds is 7. The molecular formula is C12H23N3O. The smallest absolute Gasteiger partial charge is 0.0622 e. The first-order chi connectivity index (χ1) is 7.86. The highest BCUT2D eigenvalue weighted by molar-refractivity contribution is 4.75. The van der Waals surface area contributed by atoms with Crippen LogP contribution in [0, 0.1) is 11.3 Å². The second-order valence-electron chi connectivity index (χ2n) is 4.32. The molecule has 0 aromatic heterocycles. The molecule has 0 unspecified atom stereocenters. The minimum absolute atomic E-state index is 0.429. The van der Waals surface area contributed by atoms with Gasteiger partial charge in [-0.1, -0.05) is 0 Å². The maximum Gasteiger partial charge on any atom is 0.0622 e. The second kappa shape index (κ2) is 8.51. The molecule has 0 amide bonds. The number of ether oxygens (including phenoxy) is 1. The van der Waals surface area contributed by atoms with Gasteiger partial charge in [-0.2, -0.15) is 5.26 Å². The van der Waals surface area contributed by atoms with Gasteiger partial charge in [0.15, 0.2) is 0 Å². The van der Waals surface area contributed by atoms with E-state index in [0.29, 0.717) is 19.1 Å². The first-order valence-electron chi connectivity index (χ1n) is 6.27. The molecule has 0 radical (unpaired) electrons. The standard InChI is InChI=1S/C12H23N3O/c13-6-1-2-8-15-9-4-12(5-10-15)16-11-3-7-14/h12H,1-5,7-11,14H2. The van der Waals surface area contributed by atoms with Crippen LogP contribution >= 0.6 is 0 Å². The normalized spacial score (nSPS) is 18.5. The summed E-state index contributed by atoms with van der Waals surface area (Å²) in [4.78, 5) is 2.43. The van der Waals surface area contributed by atoms with Crippen LogP contribution in [0.25, 0.3) is 0 Å². The first-order valence-corrected chi connectivity index (χ1v) is 6.27. The van der Waals surface area contributed by atoms with Gasteiger partial charge in [-0.05, 0) is 38.8 Å². The zero-order chi connectivity index (χ0) is 11.6. The summed E-state index contributed by atoms with van der Waals surface area (Å²) in [7, 11) is 0. The van der Waals surface area contributed by atoms with Crippen LogP contribution in [-0.2, 0) is 4.74 Å². The molecule has 0 aromatic carbocycles. The maximum atomic E-state index is 8.46. The lowest BCUT2D eigenvalue weighted by Gasteiger charge is -2.31. The molecule has 0 atom stereocenters. The predicted octanol–water partition coefficient (Wildman–Crippen LogP) is 1.12. The Morgan fingerprint density at radius 1 is 1.31 bits per heavy atom. The topological polar surface area (TPSA) is 62.3 Å². The van der Waals surface area contributed by atoms with Gasteiger partial charge in [-0.25, -0.2) is 0 Å². The summed E-state index contributed by atoms with van der Waals surface area (Å²) in [6, 6.07) is 2.19. The van der Waals surface area contributed by atoms with Gasteiger partial charge in [0, 0.05) is 26.1 Å². The second-order valence-corrected chi connectivity index (χ2v) is 4.32. The average Bonchev–Trinajstić information content (AvgIpc) is 2.32. The van der Waals surface area contributed by atoms with Crippen molar-refractivity contribution in [2.45, 2.75) is 38.2 Å². The van der Waals surface area contributed by atoms with Crippen molar-refractivity contribution in [3.8, 4) is 6.07 Å². The number of hydrogen-bond acceptors (Lipinski definition) is 4. The van der Waals surface area contributed by atoms with Crippen LogP contribution < -0.4 is 5.73 Å². The van der Waals surface area contributed by atoms with E-state index in [1.165, 1.54) is 0 Å². The minimum atomic E-state index is 0.429. The number of hydrogen-bond donors (Lipinski definition) is 1. The van der Waals surface area contributed by atoms with Crippen LogP contribution in [0.5, 0.6) is 0 Å². The molecule has 1 heterocycles. The number of nitrogens with two attached hydrogens (primary N) is 1. The van der Waals surface area contributed by atoms with Crippen molar-refractivity contribution in [2.24, 2.45) is 5.73 Å².